The molecule has 1 amide bonds. The van der Waals surface area contributed by atoms with E-state index >= 15 is 0 Å². The van der Waals surface area contributed by atoms with E-state index in [0.717, 1.165) is 16.2 Å². The van der Waals surface area contributed by atoms with Crippen molar-refractivity contribution in [3.05, 3.63) is 58.1 Å². The first-order chi connectivity index (χ1) is 11.0. The van der Waals surface area contributed by atoms with Crippen molar-refractivity contribution in [1.29, 1.82) is 0 Å². The van der Waals surface area contributed by atoms with Crippen LogP contribution in [0.3, 0.4) is 0 Å². The van der Waals surface area contributed by atoms with Crippen LogP contribution >= 0.6 is 35.0 Å². The Labute approximate surface area is 150 Å². The molecule has 1 atom stereocenters. The van der Waals surface area contributed by atoms with E-state index in [1.54, 1.807) is 25.3 Å². The predicted molar refractivity (Wildman–Crippen MR) is 96.6 cm³/mol. The third-order valence-electron chi connectivity index (χ3n) is 3.19. The number of carbonyl (C=O) groups excluding carboxylic acids is 1. The van der Waals surface area contributed by atoms with E-state index in [4.69, 9.17) is 27.9 Å². The third kappa shape index (κ3) is 5.34. The van der Waals surface area contributed by atoms with Gasteiger partial charge >= 0.3 is 0 Å². The molecule has 6 heteroatoms. The second-order valence-corrected chi connectivity index (χ2v) is 7.13. The molecule has 0 aromatic heterocycles. The summed E-state index contributed by atoms with van der Waals surface area (Å²) >= 11 is 13.5. The van der Waals surface area contributed by atoms with Crippen molar-refractivity contribution in [2.24, 2.45) is 0 Å². The van der Waals surface area contributed by atoms with Gasteiger partial charge in [-0.1, -0.05) is 35.3 Å². The zero-order valence-corrected chi connectivity index (χ0v) is 15.1. The Morgan fingerprint density at radius 2 is 1.91 bits per heavy atom. The van der Waals surface area contributed by atoms with Crippen LogP contribution < -0.4 is 10.1 Å². The number of nitrogens with one attached hydrogen (secondary N) is 1. The van der Waals surface area contributed by atoms with Gasteiger partial charge in [0, 0.05) is 16.5 Å². The maximum atomic E-state index is 12.2. The van der Waals surface area contributed by atoms with Gasteiger partial charge in [-0.3, -0.25) is 4.79 Å². The summed E-state index contributed by atoms with van der Waals surface area (Å²) in [4.78, 5) is 13.0. The second-order valence-electron chi connectivity index (χ2n) is 4.90. The van der Waals surface area contributed by atoms with Crippen molar-refractivity contribution in [1.82, 2.24) is 5.32 Å². The van der Waals surface area contributed by atoms with Gasteiger partial charge in [-0.15, -0.1) is 11.8 Å². The van der Waals surface area contributed by atoms with Crippen molar-refractivity contribution in [3.8, 4) is 5.75 Å². The molecule has 122 valence electrons. The topological polar surface area (TPSA) is 38.3 Å². The van der Waals surface area contributed by atoms with Gasteiger partial charge < -0.3 is 10.1 Å². The number of ether oxygens (including phenoxy) is 1. The zero-order chi connectivity index (χ0) is 16.8. The van der Waals surface area contributed by atoms with Crippen LogP contribution in [0.1, 0.15) is 12.5 Å². The molecule has 1 N–H and O–H groups in total. The van der Waals surface area contributed by atoms with Gasteiger partial charge in [0.05, 0.1) is 17.4 Å². The average molecular weight is 370 g/mol. The summed E-state index contributed by atoms with van der Waals surface area (Å²) in [7, 11) is 1.62. The van der Waals surface area contributed by atoms with Gasteiger partial charge in [0.25, 0.3) is 0 Å². The molecular weight excluding hydrogens is 353 g/mol. The highest BCUT2D eigenvalue weighted by atomic mass is 35.5. The fourth-order valence-corrected chi connectivity index (χ4v) is 3.32. The van der Waals surface area contributed by atoms with E-state index in [2.05, 4.69) is 5.32 Å². The zero-order valence-electron chi connectivity index (χ0n) is 12.8. The molecule has 3 nitrogen and oxygen atoms in total. The first-order valence-corrected chi connectivity index (χ1v) is 8.65. The van der Waals surface area contributed by atoms with Gasteiger partial charge in [0.2, 0.25) is 5.91 Å². The van der Waals surface area contributed by atoms with Gasteiger partial charge in [-0.25, -0.2) is 0 Å². The third-order valence-corrected chi connectivity index (χ3v) is 5.03. The van der Waals surface area contributed by atoms with Crippen molar-refractivity contribution in [2.75, 3.05) is 7.11 Å². The molecule has 0 fully saturated rings. The Bertz CT molecular complexity index is 677. The number of carbonyl (C=O) groups is 1. The number of hydrogen-bond donors (Lipinski definition) is 1. The second kappa shape index (κ2) is 8.48. The van der Waals surface area contributed by atoms with Crippen molar-refractivity contribution in [3.63, 3.8) is 0 Å². The molecule has 0 saturated heterocycles. The summed E-state index contributed by atoms with van der Waals surface area (Å²) in [6.07, 6.45) is 0. The van der Waals surface area contributed by atoms with Crippen LogP contribution in [0.4, 0.5) is 0 Å². The molecule has 0 aliphatic carbocycles. The smallest absolute Gasteiger partial charge is 0.233 e. The Kier molecular flexibility index (Phi) is 6.63. The van der Waals surface area contributed by atoms with Crippen LogP contribution in [0.2, 0.25) is 10.0 Å². The molecule has 0 spiro atoms. The lowest BCUT2D eigenvalue weighted by molar-refractivity contribution is -0.120. The molecule has 0 radical (unpaired) electrons. The van der Waals surface area contributed by atoms with Gasteiger partial charge in [-0.2, -0.15) is 0 Å². The lowest BCUT2D eigenvalue weighted by atomic mass is 10.2. The molecule has 0 aliphatic rings. The Morgan fingerprint density at radius 3 is 2.57 bits per heavy atom. The van der Waals surface area contributed by atoms with Crippen LogP contribution in [0, 0.1) is 0 Å². The summed E-state index contributed by atoms with van der Waals surface area (Å²) in [5, 5.41) is 3.83. The number of rotatable bonds is 6. The standard InChI is InChI=1S/C17H17Cl2NO2S/c1-11(23-16-9-13(18)5-8-15(16)19)17(21)20-10-12-3-6-14(22-2)7-4-12/h3-9,11H,10H2,1-2H3,(H,20,21)/t11-/m0/s1. The molecule has 0 heterocycles. The number of thioether (sulfide) groups is 1. The minimum absolute atomic E-state index is 0.0538. The predicted octanol–water partition coefficient (Wildman–Crippen LogP) is 4.80. The number of methoxy groups -OCH3 is 1. The Balaban J connectivity index is 1.90. The summed E-state index contributed by atoms with van der Waals surface area (Å²) in [5.41, 5.74) is 1.01. The SMILES string of the molecule is COc1ccc(CNC(=O)[C@H](C)Sc2cc(Cl)ccc2Cl)cc1. The molecule has 2 aromatic carbocycles. The van der Waals surface area contributed by atoms with E-state index in [-0.39, 0.29) is 11.2 Å². The van der Waals surface area contributed by atoms with E-state index in [0.29, 0.717) is 16.6 Å². The number of amides is 1. The summed E-state index contributed by atoms with van der Waals surface area (Å²) in [6.45, 7) is 2.31. The van der Waals surface area contributed by atoms with Crippen molar-refractivity contribution in [2.45, 2.75) is 23.6 Å². The quantitative estimate of drug-likeness (QED) is 0.743. The normalized spacial score (nSPS) is 11.8. The minimum atomic E-state index is -0.274. The first-order valence-electron chi connectivity index (χ1n) is 7.02. The first kappa shape index (κ1) is 18.0. The molecule has 2 aromatic rings. The van der Waals surface area contributed by atoms with E-state index in [9.17, 15) is 4.79 Å². The summed E-state index contributed by atoms with van der Waals surface area (Å²) in [6, 6.07) is 12.8. The monoisotopic (exact) mass is 369 g/mol. The molecular formula is C17H17Cl2NO2S. The van der Waals surface area contributed by atoms with Gasteiger partial charge in [-0.05, 0) is 42.8 Å². The highest BCUT2D eigenvalue weighted by molar-refractivity contribution is 8.00. The lowest BCUT2D eigenvalue weighted by Crippen LogP contribution is -2.30. The van der Waals surface area contributed by atoms with Crippen LogP contribution in [0.15, 0.2) is 47.4 Å². The van der Waals surface area contributed by atoms with E-state index in [1.807, 2.05) is 31.2 Å². The molecule has 0 unspecified atom stereocenters. The van der Waals surface area contributed by atoms with Crippen LogP contribution in [-0.2, 0) is 11.3 Å². The maximum absolute atomic E-state index is 12.2. The molecule has 0 bridgehead atoms. The molecule has 2 rings (SSSR count). The Hall–Kier alpha value is -1.36. The minimum Gasteiger partial charge on any atom is -0.497 e. The summed E-state index contributed by atoms with van der Waals surface area (Å²) < 4.78 is 5.11. The van der Waals surface area contributed by atoms with Crippen LogP contribution in [0.25, 0.3) is 0 Å². The Morgan fingerprint density at radius 1 is 1.22 bits per heavy atom. The van der Waals surface area contributed by atoms with Crippen LogP contribution in [0.5, 0.6) is 5.75 Å². The van der Waals surface area contributed by atoms with Crippen LogP contribution in [-0.4, -0.2) is 18.3 Å². The highest BCUT2D eigenvalue weighted by Crippen LogP contribution is 2.32. The van der Waals surface area contributed by atoms with E-state index in [1.165, 1.54) is 11.8 Å². The lowest BCUT2D eigenvalue weighted by Gasteiger charge is -2.13. The number of hydrogen-bond acceptors (Lipinski definition) is 3. The van der Waals surface area contributed by atoms with E-state index < -0.39 is 0 Å². The highest BCUT2D eigenvalue weighted by Gasteiger charge is 2.16. The fourth-order valence-electron chi connectivity index (χ4n) is 1.89. The fraction of sp³-hybridized carbons (Fsp3) is 0.235. The van der Waals surface area contributed by atoms with Gasteiger partial charge in [0.1, 0.15) is 5.75 Å². The summed E-state index contributed by atoms with van der Waals surface area (Å²) in [5.74, 6) is 0.737. The molecule has 23 heavy (non-hydrogen) atoms. The number of halogens is 2. The van der Waals surface area contributed by atoms with Crippen molar-refractivity contribution < 1.29 is 9.53 Å². The van der Waals surface area contributed by atoms with Crippen molar-refractivity contribution >= 4 is 40.9 Å². The largest absolute Gasteiger partial charge is 0.497 e. The molecule has 0 saturated carbocycles. The molecule has 0 aliphatic heterocycles. The van der Waals surface area contributed by atoms with Gasteiger partial charge in [0.15, 0.2) is 0 Å². The number of benzene rings is 2. The average Bonchev–Trinajstić information content (AvgIpc) is 2.56. The maximum Gasteiger partial charge on any atom is 0.233 e.